The molecule has 0 aliphatic carbocycles. The average Bonchev–Trinajstić information content (AvgIpc) is 1.02. The summed E-state index contributed by atoms with van der Waals surface area (Å²) in [5, 5.41) is 48.8. The highest BCUT2D eigenvalue weighted by molar-refractivity contribution is 8.76. The van der Waals surface area contributed by atoms with E-state index in [4.69, 9.17) is 33.4 Å². The molecule has 122 heavy (non-hydrogen) atoms. The van der Waals surface area contributed by atoms with Gasteiger partial charge in [-0.3, -0.25) is 57.9 Å². The second-order valence-electron chi connectivity index (χ2n) is 31.2. The number of para-hydroxylation sites is 2. The summed E-state index contributed by atoms with van der Waals surface area (Å²) in [7, 11) is -5.25. The van der Waals surface area contributed by atoms with Crippen LogP contribution in [0.3, 0.4) is 0 Å². The molecule has 38 nitrogen and oxygen atoms in total. The Balaban J connectivity index is 0.000000270. The summed E-state index contributed by atoms with van der Waals surface area (Å²) < 4.78 is 61.7. The molecule has 3 aromatic carbocycles. The summed E-state index contributed by atoms with van der Waals surface area (Å²) in [6.45, 7) is 9.74. The minimum atomic E-state index is -4.10. The van der Waals surface area contributed by atoms with Gasteiger partial charge < -0.3 is 101 Å². The van der Waals surface area contributed by atoms with E-state index in [2.05, 4.69) is 68.6 Å². The first-order valence-electron chi connectivity index (χ1n) is 41.4. The van der Waals surface area contributed by atoms with E-state index in [0.29, 0.717) is 75.3 Å². The van der Waals surface area contributed by atoms with E-state index in [-0.39, 0.29) is 105 Å². The molecule has 5 aliphatic rings. The van der Waals surface area contributed by atoms with Crippen LogP contribution in [0.5, 0.6) is 5.75 Å². The molecule has 0 spiro atoms. The standard InChI is InChI=1S/C35H49N11O9S2.C23H36N6O5S.C22H36N2O5S/c36-30(51)25-18-57-56-13-10-27(47)42-22(8-3-4-11-39-35(37)38)31(52)41-17-28(48)43-23(15-29(49)50)32(53)44-24(14-19-16-40-21-7-2-1-6-20(19)21)34(55)46-12-5-9-26(46)33(54)45-25;1-14-8-10-29(18(12-14)22(31)32)21(30)17(6-4-9-26-23(24)25)28-35(33,34)19-7-3-5-16-11-15(2)13-27-20(16)19;1-2-3-16-30(27,28)24-21(22(25)26)17-19-7-9-20(10-8-19)29-15-5-4-6-18-11-13-23-14-12-18/h1-2,6-7,16,22-26,40H,3-5,8-15,17-18H2,(H2,36,51)(H,41,52)(H,42,47)(H,43,48)(H,44,53)(H,45,54)(H,49,50)(H4,37,38,39);3,5,7,14-15,17-18,27-28H,4,6,8-13H2,1-2H3,(H,31,32)(H4,24,25,26);7-10,18,21,23-24H,2-6,11-17H2,1H3,(H,25,26)/t22-,23-,24-,25-,26-;14-,15?,17?,18-;21-/m010/s1. The number of carboxylic acid groups (broad SMARTS) is 3. The Labute approximate surface area is 719 Å². The molecular weight excluding hydrogens is 1660 g/mol. The summed E-state index contributed by atoms with van der Waals surface area (Å²) >= 11 is 0. The maximum atomic E-state index is 14.3. The van der Waals surface area contributed by atoms with Crippen LogP contribution in [0.2, 0.25) is 0 Å². The van der Waals surface area contributed by atoms with Crippen molar-refractivity contribution in [2.24, 2.45) is 56.4 Å². The SMILES string of the molecule is CC1CNc2c(cccc2S(=O)(=O)NC(CCCN=C(N)N)C(=O)N2CC[C@@H](C)C[C@@H]2C(=O)O)C1.CCCCS(=O)(=O)N[C@@H](Cc1ccc(OCCCCC2CCNCC2)cc1)C(=O)O.NC(=O)[C@@H]1CSSCCC(=O)N[C@@H](CCCCN=C(N)N)C(=O)NCC(=O)N[C@@H](CC(=O)O)C(=O)N[C@@H](Cc2c[nH]c3ccccc23)C(=O)N2CCC[C@H]2C(=O)N1. The number of carbonyl (C=O) groups excluding carboxylic acids is 8. The Morgan fingerprint density at radius 1 is 0.697 bits per heavy atom. The fraction of sp³-hybridized carbons (Fsp3) is 0.588. The molecule has 4 fully saturated rings. The zero-order valence-electron chi connectivity index (χ0n) is 69.3. The number of guanidine groups is 2. The summed E-state index contributed by atoms with van der Waals surface area (Å²) in [6.07, 6.45) is 12.0. The number of aliphatic carboxylic acids is 3. The number of H-pyrrole nitrogens is 1. The van der Waals surface area contributed by atoms with E-state index < -0.39 is 147 Å². The van der Waals surface area contributed by atoms with Crippen LogP contribution in [0.25, 0.3) is 10.9 Å². The molecule has 5 aliphatic heterocycles. The maximum Gasteiger partial charge on any atom is 0.326 e. The minimum Gasteiger partial charge on any atom is -0.494 e. The largest absolute Gasteiger partial charge is 0.494 e. The van der Waals surface area contributed by atoms with Crippen molar-refractivity contribution in [3.63, 3.8) is 0 Å². The van der Waals surface area contributed by atoms with E-state index in [0.717, 1.165) is 66.0 Å². The smallest absolute Gasteiger partial charge is 0.326 e. The van der Waals surface area contributed by atoms with Gasteiger partial charge in [-0.15, -0.1) is 0 Å². The number of rotatable bonds is 33. The Morgan fingerprint density at radius 2 is 1.40 bits per heavy atom. The third kappa shape index (κ3) is 33.0. The van der Waals surface area contributed by atoms with Gasteiger partial charge >= 0.3 is 17.9 Å². The van der Waals surface area contributed by atoms with Crippen LogP contribution in [0.4, 0.5) is 5.69 Å². The number of piperidine rings is 2. The van der Waals surface area contributed by atoms with Crippen molar-refractivity contribution < 1.29 is 89.6 Å². The highest BCUT2D eigenvalue weighted by Gasteiger charge is 2.42. The summed E-state index contributed by atoms with van der Waals surface area (Å²) in [4.78, 5) is 156. The van der Waals surface area contributed by atoms with E-state index >= 15 is 0 Å². The van der Waals surface area contributed by atoms with Gasteiger partial charge in [0.15, 0.2) is 11.9 Å². The van der Waals surface area contributed by atoms with E-state index in [1.165, 1.54) is 63.1 Å². The number of hydrogen-bond donors (Lipinski definition) is 18. The molecule has 0 radical (unpaired) electrons. The number of primary amides is 1. The zero-order valence-corrected chi connectivity index (χ0v) is 72.6. The first-order valence-corrected chi connectivity index (χ1v) is 47.0. The molecule has 2 unspecified atom stereocenters. The van der Waals surface area contributed by atoms with Crippen LogP contribution in [-0.4, -0.2) is 249 Å². The fourth-order valence-electron chi connectivity index (χ4n) is 14.8. The van der Waals surface area contributed by atoms with Crippen molar-refractivity contribution in [1.82, 2.24) is 56.1 Å². The number of ether oxygens (including phenoxy) is 1. The molecule has 42 heteroatoms. The average molecular weight is 1780 g/mol. The highest BCUT2D eigenvalue weighted by Crippen LogP contribution is 2.33. The Morgan fingerprint density at radius 3 is 2.09 bits per heavy atom. The van der Waals surface area contributed by atoms with Crippen LogP contribution in [-0.2, 0) is 92.0 Å². The molecule has 4 aromatic rings. The molecule has 23 N–H and O–H groups in total. The number of nitrogens with two attached hydrogens (primary N) is 5. The van der Waals surface area contributed by atoms with Crippen molar-refractivity contribution in [3.8, 4) is 5.75 Å². The van der Waals surface area contributed by atoms with Crippen molar-refractivity contribution in [2.45, 2.75) is 209 Å². The quantitative estimate of drug-likeness (QED) is 0.0139. The summed E-state index contributed by atoms with van der Waals surface area (Å²) in [6, 6.07) is 10.0. The van der Waals surface area contributed by atoms with Gasteiger partial charge in [0.1, 0.15) is 59.0 Å². The Kier molecular flexibility index (Phi) is 40.6. The van der Waals surface area contributed by atoms with Gasteiger partial charge in [-0.1, -0.05) is 97.7 Å². The topological polar surface area (TPSA) is 611 Å². The predicted molar refractivity (Wildman–Crippen MR) is 465 cm³/mol. The number of aromatic amines is 1. The molecule has 0 bridgehead atoms. The lowest BCUT2D eigenvalue weighted by molar-refractivity contribution is -0.153. The van der Waals surface area contributed by atoms with Crippen molar-refractivity contribution in [1.29, 1.82) is 0 Å². The first kappa shape index (κ1) is 99.1. The number of carboxylic acids is 3. The summed E-state index contributed by atoms with van der Waals surface area (Å²) in [5.74, 6) is -7.22. The number of nitrogens with zero attached hydrogens (tertiary/aromatic N) is 4. The molecule has 8 amide bonds. The number of hydrogen-bond acceptors (Lipinski definition) is 22. The van der Waals surface area contributed by atoms with Crippen molar-refractivity contribution in [2.75, 3.05) is 81.5 Å². The van der Waals surface area contributed by atoms with Gasteiger partial charge in [-0.2, -0.15) is 4.72 Å². The number of fused-ring (bicyclic) bond motifs is 3. The number of aromatic nitrogens is 1. The molecule has 6 heterocycles. The normalized spacial score (nSPS) is 21.7. The van der Waals surface area contributed by atoms with Gasteiger partial charge in [-0.25, -0.2) is 26.4 Å². The van der Waals surface area contributed by atoms with Crippen LogP contribution < -0.4 is 80.1 Å². The molecular formula is C80H121N19O19S4. The number of aliphatic imine (C=N–C) groups is 2. The number of unbranched alkanes of at least 4 members (excludes halogenated alkanes) is 3. The van der Waals surface area contributed by atoms with Crippen LogP contribution in [0.1, 0.15) is 153 Å². The zero-order chi connectivity index (χ0) is 89.1. The van der Waals surface area contributed by atoms with E-state index in [1.54, 1.807) is 30.5 Å². The molecule has 10 atom stereocenters. The van der Waals surface area contributed by atoms with Gasteiger partial charge in [0.05, 0.1) is 31.0 Å². The van der Waals surface area contributed by atoms with Crippen LogP contribution in [0, 0.1) is 17.8 Å². The van der Waals surface area contributed by atoms with Crippen molar-refractivity contribution in [3.05, 3.63) is 89.6 Å². The Hall–Kier alpha value is -10.0. The molecule has 9 rings (SSSR count). The predicted octanol–water partition coefficient (Wildman–Crippen LogP) is 1.60. The Bertz CT molecular complexity index is 4490. The van der Waals surface area contributed by atoms with E-state index in [1.807, 2.05) is 50.2 Å². The van der Waals surface area contributed by atoms with E-state index in [9.17, 15) is 84.9 Å². The summed E-state index contributed by atoms with van der Waals surface area (Å²) in [5.41, 5.74) is 30.7. The van der Waals surface area contributed by atoms with Crippen LogP contribution in [0.15, 0.2) is 87.8 Å². The molecule has 1 aromatic heterocycles. The fourth-order valence-corrected chi connectivity index (χ4v) is 19.8. The number of carbonyl (C=O) groups is 11. The molecule has 0 saturated carbocycles. The van der Waals surface area contributed by atoms with Gasteiger partial charge in [-0.05, 0) is 175 Å². The lowest BCUT2D eigenvalue weighted by Gasteiger charge is -2.38. The highest BCUT2D eigenvalue weighted by atomic mass is 33.1. The minimum absolute atomic E-state index is 0.0195. The third-order valence-corrected chi connectivity index (χ3v) is 26.7. The number of benzene rings is 3. The van der Waals surface area contributed by atoms with Gasteiger partial charge in [0.2, 0.25) is 67.3 Å². The monoisotopic (exact) mass is 1780 g/mol. The number of likely N-dealkylation sites (tertiary alicyclic amines) is 1. The number of sulfonamides is 2. The molecule has 4 saturated heterocycles. The third-order valence-electron chi connectivity index (χ3n) is 21.3. The van der Waals surface area contributed by atoms with Gasteiger partial charge in [0, 0.05) is 74.2 Å². The second kappa shape index (κ2) is 49.9. The number of amides is 8. The first-order chi connectivity index (χ1) is 58.1. The molecule has 674 valence electrons. The van der Waals surface area contributed by atoms with Crippen LogP contribution >= 0.6 is 21.6 Å². The lowest BCUT2D eigenvalue weighted by atomic mass is 9.91. The number of nitrogens with one attached hydrogen (secondary N) is 10. The number of anilines is 1. The maximum absolute atomic E-state index is 14.3. The second-order valence-corrected chi connectivity index (χ2v) is 37.4. The van der Waals surface area contributed by atoms with Gasteiger partial charge in [0.25, 0.3) is 0 Å². The lowest BCUT2D eigenvalue weighted by Crippen LogP contribution is -2.59. The van der Waals surface area contributed by atoms with Crippen molar-refractivity contribution >= 4 is 135 Å².